The van der Waals surface area contributed by atoms with Gasteiger partial charge in [-0.2, -0.15) is 0 Å². The van der Waals surface area contributed by atoms with Gasteiger partial charge in [0.2, 0.25) is 5.91 Å². The third kappa shape index (κ3) is 6.45. The highest BCUT2D eigenvalue weighted by atomic mass is 35.5. The summed E-state index contributed by atoms with van der Waals surface area (Å²) in [6.45, 7) is 4.82. The maximum absolute atomic E-state index is 11.8. The van der Waals surface area contributed by atoms with Gasteiger partial charge in [0.1, 0.15) is 6.61 Å². The molecular formula is C16H23ClN2O3. The molecule has 1 rings (SSSR count). The second kappa shape index (κ2) is 9.43. The highest BCUT2D eigenvalue weighted by Crippen LogP contribution is 2.23. The fourth-order valence-corrected chi connectivity index (χ4v) is 2.02. The van der Waals surface area contributed by atoms with Gasteiger partial charge in [-0.15, -0.1) is 0 Å². The minimum Gasteiger partial charge on any atom is -0.372 e. The molecule has 0 aliphatic carbocycles. The fraction of sp³-hybridized carbons (Fsp3) is 0.500. The zero-order valence-corrected chi connectivity index (χ0v) is 14.0. The molecule has 0 saturated carbocycles. The van der Waals surface area contributed by atoms with Gasteiger partial charge in [0.05, 0.1) is 10.7 Å². The Morgan fingerprint density at radius 3 is 2.68 bits per heavy atom. The first kappa shape index (κ1) is 18.5. The van der Waals surface area contributed by atoms with E-state index in [9.17, 15) is 9.59 Å². The molecule has 5 nitrogen and oxygen atoms in total. The number of halogens is 1. The van der Waals surface area contributed by atoms with Crippen molar-refractivity contribution < 1.29 is 14.3 Å². The Bertz CT molecular complexity index is 518. The largest absolute Gasteiger partial charge is 0.372 e. The van der Waals surface area contributed by atoms with Crippen LogP contribution in [-0.4, -0.2) is 32.1 Å². The van der Waals surface area contributed by atoms with Gasteiger partial charge in [-0.3, -0.25) is 9.59 Å². The molecular weight excluding hydrogens is 304 g/mol. The van der Waals surface area contributed by atoms with Crippen LogP contribution in [0.3, 0.4) is 0 Å². The molecule has 22 heavy (non-hydrogen) atoms. The van der Waals surface area contributed by atoms with Crippen LogP contribution in [0.4, 0.5) is 5.69 Å². The molecule has 0 aromatic heterocycles. The molecule has 0 atom stereocenters. The zero-order chi connectivity index (χ0) is 16.5. The number of hydrogen-bond acceptors (Lipinski definition) is 3. The molecule has 0 spiro atoms. The van der Waals surface area contributed by atoms with Gasteiger partial charge in [0.15, 0.2) is 0 Å². The Morgan fingerprint density at radius 1 is 1.32 bits per heavy atom. The average Bonchev–Trinajstić information content (AvgIpc) is 2.48. The fourth-order valence-electron chi connectivity index (χ4n) is 1.85. The van der Waals surface area contributed by atoms with Crippen molar-refractivity contribution in [3.63, 3.8) is 0 Å². The summed E-state index contributed by atoms with van der Waals surface area (Å²) < 4.78 is 5.32. The summed E-state index contributed by atoms with van der Waals surface area (Å²) in [6.07, 6.45) is 2.00. The van der Waals surface area contributed by atoms with Crippen molar-refractivity contribution in [2.75, 3.05) is 25.6 Å². The van der Waals surface area contributed by atoms with Crippen LogP contribution in [0.25, 0.3) is 0 Å². The lowest BCUT2D eigenvalue weighted by Crippen LogP contribution is -2.20. The van der Waals surface area contributed by atoms with Crippen LogP contribution >= 0.6 is 11.6 Å². The Labute approximate surface area is 136 Å². The van der Waals surface area contributed by atoms with E-state index in [-0.39, 0.29) is 18.4 Å². The van der Waals surface area contributed by atoms with Crippen LogP contribution in [-0.2, 0) is 9.53 Å². The zero-order valence-electron chi connectivity index (χ0n) is 13.2. The minimum absolute atomic E-state index is 0.0291. The molecule has 2 amide bonds. The third-order valence-electron chi connectivity index (χ3n) is 3.03. The molecule has 0 aliphatic heterocycles. The number of nitrogens with one attached hydrogen (secondary N) is 2. The molecule has 0 saturated heterocycles. The highest BCUT2D eigenvalue weighted by Gasteiger charge is 2.10. The second-order valence-corrected chi connectivity index (χ2v) is 5.82. The van der Waals surface area contributed by atoms with Crippen molar-refractivity contribution in [3.05, 3.63) is 28.8 Å². The van der Waals surface area contributed by atoms with Crippen molar-refractivity contribution >= 4 is 29.1 Å². The number of amides is 2. The third-order valence-corrected chi connectivity index (χ3v) is 3.36. The van der Waals surface area contributed by atoms with Crippen LogP contribution in [0.2, 0.25) is 5.02 Å². The first-order valence-electron chi connectivity index (χ1n) is 7.33. The molecule has 0 radical (unpaired) electrons. The Balaban J connectivity index is 2.48. The van der Waals surface area contributed by atoms with Gasteiger partial charge in [-0.05, 0) is 37.0 Å². The van der Waals surface area contributed by atoms with E-state index in [0.29, 0.717) is 28.8 Å². The summed E-state index contributed by atoms with van der Waals surface area (Å²) in [4.78, 5) is 23.4. The number of benzene rings is 1. The topological polar surface area (TPSA) is 67.4 Å². The van der Waals surface area contributed by atoms with E-state index < -0.39 is 0 Å². The van der Waals surface area contributed by atoms with Crippen molar-refractivity contribution in [1.29, 1.82) is 0 Å². The van der Waals surface area contributed by atoms with Gasteiger partial charge in [0, 0.05) is 19.2 Å². The standard InChI is InChI=1S/C16H23ClN2O3/c1-11(2)5-4-8-22-10-15(20)19-14-9-12(16(21)18-3)6-7-13(14)17/h6-7,9,11H,4-5,8,10H2,1-3H3,(H,18,21)(H,19,20). The van der Waals surface area contributed by atoms with Gasteiger partial charge >= 0.3 is 0 Å². The molecule has 0 bridgehead atoms. The van der Waals surface area contributed by atoms with Gasteiger partial charge in [-0.25, -0.2) is 0 Å². The monoisotopic (exact) mass is 326 g/mol. The van der Waals surface area contributed by atoms with E-state index in [1.807, 2.05) is 0 Å². The first-order chi connectivity index (χ1) is 10.4. The summed E-state index contributed by atoms with van der Waals surface area (Å²) in [6, 6.07) is 4.71. The lowest BCUT2D eigenvalue weighted by Gasteiger charge is -2.10. The molecule has 1 aromatic rings. The Morgan fingerprint density at radius 2 is 2.05 bits per heavy atom. The lowest BCUT2D eigenvalue weighted by atomic mass is 10.1. The molecule has 2 N–H and O–H groups in total. The van der Waals surface area contributed by atoms with E-state index in [2.05, 4.69) is 24.5 Å². The van der Waals surface area contributed by atoms with Crippen molar-refractivity contribution in [2.24, 2.45) is 5.92 Å². The molecule has 1 aromatic carbocycles. The number of rotatable bonds is 8. The predicted molar refractivity (Wildman–Crippen MR) is 88.4 cm³/mol. The van der Waals surface area contributed by atoms with Crippen LogP contribution in [0, 0.1) is 5.92 Å². The van der Waals surface area contributed by atoms with Gasteiger partial charge in [-0.1, -0.05) is 25.4 Å². The Kier molecular flexibility index (Phi) is 7.91. The van der Waals surface area contributed by atoms with E-state index in [1.165, 1.54) is 6.07 Å². The maximum atomic E-state index is 11.8. The number of anilines is 1. The number of carbonyl (C=O) groups excluding carboxylic acids is 2. The summed E-state index contributed by atoms with van der Waals surface area (Å²) >= 11 is 6.02. The number of hydrogen-bond donors (Lipinski definition) is 2. The highest BCUT2D eigenvalue weighted by molar-refractivity contribution is 6.33. The van der Waals surface area contributed by atoms with Crippen LogP contribution in [0.1, 0.15) is 37.0 Å². The minimum atomic E-state index is -0.291. The molecule has 0 fully saturated rings. The normalized spacial score (nSPS) is 10.6. The second-order valence-electron chi connectivity index (χ2n) is 5.41. The van der Waals surface area contributed by atoms with E-state index in [4.69, 9.17) is 16.3 Å². The number of ether oxygens (including phenoxy) is 1. The number of carbonyl (C=O) groups is 2. The summed E-state index contributed by atoms with van der Waals surface area (Å²) in [7, 11) is 1.54. The smallest absolute Gasteiger partial charge is 0.251 e. The molecule has 0 heterocycles. The molecule has 122 valence electrons. The maximum Gasteiger partial charge on any atom is 0.251 e. The van der Waals surface area contributed by atoms with Crippen molar-refractivity contribution in [3.8, 4) is 0 Å². The molecule has 0 unspecified atom stereocenters. The van der Waals surface area contributed by atoms with Crippen LogP contribution in [0.5, 0.6) is 0 Å². The van der Waals surface area contributed by atoms with Crippen molar-refractivity contribution in [2.45, 2.75) is 26.7 Å². The molecule has 6 heteroatoms. The van der Waals surface area contributed by atoms with E-state index in [1.54, 1.807) is 19.2 Å². The average molecular weight is 327 g/mol. The lowest BCUT2D eigenvalue weighted by molar-refractivity contribution is -0.120. The molecule has 0 aliphatic rings. The Hall–Kier alpha value is -1.59. The summed E-state index contributed by atoms with van der Waals surface area (Å²) in [5.74, 6) is 0.0984. The van der Waals surface area contributed by atoms with Crippen LogP contribution in [0.15, 0.2) is 18.2 Å². The summed E-state index contributed by atoms with van der Waals surface area (Å²) in [5.41, 5.74) is 0.832. The quantitative estimate of drug-likeness (QED) is 0.721. The van der Waals surface area contributed by atoms with E-state index in [0.717, 1.165) is 12.8 Å². The first-order valence-corrected chi connectivity index (χ1v) is 7.71. The van der Waals surface area contributed by atoms with Crippen LogP contribution < -0.4 is 10.6 Å². The van der Waals surface area contributed by atoms with Crippen molar-refractivity contribution in [1.82, 2.24) is 5.32 Å². The summed E-state index contributed by atoms with van der Waals surface area (Å²) in [5, 5.41) is 5.55. The SMILES string of the molecule is CNC(=O)c1ccc(Cl)c(NC(=O)COCCCC(C)C)c1. The van der Waals surface area contributed by atoms with E-state index >= 15 is 0 Å². The van der Waals surface area contributed by atoms with Gasteiger partial charge in [0.25, 0.3) is 5.91 Å². The predicted octanol–water partition coefficient (Wildman–Crippen LogP) is 3.09. The van der Waals surface area contributed by atoms with Gasteiger partial charge < -0.3 is 15.4 Å².